The average Bonchev–Trinajstić information content (AvgIpc) is 3.14. The van der Waals surface area contributed by atoms with Crippen LogP contribution in [0, 0.1) is 18.8 Å². The predicted molar refractivity (Wildman–Crippen MR) is 119 cm³/mol. The number of nitrogens with zero attached hydrogens (tertiary/aromatic N) is 4. The lowest BCUT2D eigenvalue weighted by atomic mass is 9.94. The van der Waals surface area contributed by atoms with Gasteiger partial charge in [-0.2, -0.15) is 13.9 Å². The average molecular weight is 477 g/mol. The Morgan fingerprint density at radius 2 is 1.84 bits per heavy atom. The molecule has 0 amide bonds. The molecule has 0 spiro atoms. The van der Waals surface area contributed by atoms with E-state index in [-0.39, 0.29) is 22.6 Å². The minimum atomic E-state index is -3.61. The number of esters is 1. The van der Waals surface area contributed by atoms with Crippen LogP contribution in [0.25, 0.3) is 4.96 Å². The zero-order chi connectivity index (χ0) is 23.0. The fourth-order valence-electron chi connectivity index (χ4n) is 3.94. The van der Waals surface area contributed by atoms with Gasteiger partial charge in [0.25, 0.3) is 5.56 Å². The summed E-state index contributed by atoms with van der Waals surface area (Å²) in [4.78, 5) is 29.2. The summed E-state index contributed by atoms with van der Waals surface area (Å²) in [6, 6.07) is 7.13. The van der Waals surface area contributed by atoms with Crippen LogP contribution < -0.4 is 5.56 Å². The Morgan fingerprint density at radius 1 is 1.19 bits per heavy atom. The number of carbonyl (C=O) groups is 1. The zero-order valence-corrected chi connectivity index (χ0v) is 19.6. The van der Waals surface area contributed by atoms with Crippen molar-refractivity contribution in [2.45, 2.75) is 38.7 Å². The second kappa shape index (κ2) is 8.72. The Morgan fingerprint density at radius 3 is 2.50 bits per heavy atom. The molecule has 1 aliphatic heterocycles. The van der Waals surface area contributed by atoms with Crippen LogP contribution in [0.5, 0.6) is 0 Å². The molecule has 0 saturated carbocycles. The molecule has 9 nitrogen and oxygen atoms in total. The number of ether oxygens (including phenoxy) is 1. The first-order valence-electron chi connectivity index (χ1n) is 10.3. The third kappa shape index (κ3) is 4.59. The number of rotatable bonds is 5. The molecular weight excluding hydrogens is 452 g/mol. The van der Waals surface area contributed by atoms with Crippen molar-refractivity contribution in [3.63, 3.8) is 0 Å². The standard InChI is InChI=1S/C21H24N4O5S2/c1-13-8-14(2)11-24(10-13)32(28,29)17-6-4-16(5-7-17)20(27)30-12-18-23-25-19(26)9-15(3)22-21(25)31-18/h4-7,9,13-14H,8,10-12H2,1-3H3. The largest absolute Gasteiger partial charge is 0.455 e. The third-order valence-corrected chi connectivity index (χ3v) is 8.03. The lowest BCUT2D eigenvalue weighted by molar-refractivity contribution is 0.0471. The van der Waals surface area contributed by atoms with E-state index in [9.17, 15) is 18.0 Å². The first kappa shape index (κ1) is 22.6. The minimum Gasteiger partial charge on any atom is -0.455 e. The highest BCUT2D eigenvalue weighted by molar-refractivity contribution is 7.89. The predicted octanol–water partition coefficient (Wildman–Crippen LogP) is 2.48. The topological polar surface area (TPSA) is 111 Å². The molecule has 2 unspecified atom stereocenters. The third-order valence-electron chi connectivity index (χ3n) is 5.30. The van der Waals surface area contributed by atoms with Gasteiger partial charge in [-0.15, -0.1) is 0 Å². The smallest absolute Gasteiger partial charge is 0.338 e. The molecule has 0 radical (unpaired) electrons. The van der Waals surface area contributed by atoms with Crippen molar-refractivity contribution < 1.29 is 17.9 Å². The zero-order valence-electron chi connectivity index (χ0n) is 18.0. The Kier molecular flexibility index (Phi) is 6.15. The first-order chi connectivity index (χ1) is 15.1. The van der Waals surface area contributed by atoms with E-state index in [0.29, 0.717) is 40.6 Å². The van der Waals surface area contributed by atoms with Gasteiger partial charge in [0, 0.05) is 24.8 Å². The fraction of sp³-hybridized carbons (Fsp3) is 0.429. The Bertz CT molecular complexity index is 1300. The maximum atomic E-state index is 13.0. The molecule has 3 aromatic rings. The summed E-state index contributed by atoms with van der Waals surface area (Å²) in [5.74, 6) is 0.00502. The van der Waals surface area contributed by atoms with Crippen LogP contribution in [0.1, 0.15) is 41.3 Å². The van der Waals surface area contributed by atoms with E-state index in [1.54, 1.807) is 6.92 Å². The number of piperidine rings is 1. The Balaban J connectivity index is 1.44. The number of sulfonamides is 1. The maximum absolute atomic E-state index is 13.0. The molecule has 0 aliphatic carbocycles. The highest BCUT2D eigenvalue weighted by Crippen LogP contribution is 2.27. The van der Waals surface area contributed by atoms with Crippen LogP contribution in [0.3, 0.4) is 0 Å². The van der Waals surface area contributed by atoms with Crippen molar-refractivity contribution >= 4 is 32.3 Å². The summed E-state index contributed by atoms with van der Waals surface area (Å²) in [5, 5.41) is 4.56. The number of aryl methyl sites for hydroxylation is 1. The second-order valence-corrected chi connectivity index (χ2v) is 11.3. The lowest BCUT2D eigenvalue weighted by Gasteiger charge is -2.34. The monoisotopic (exact) mass is 476 g/mol. The van der Waals surface area contributed by atoms with Crippen LogP contribution in [0.2, 0.25) is 0 Å². The molecule has 0 N–H and O–H groups in total. The van der Waals surface area contributed by atoms with Gasteiger partial charge in [-0.25, -0.2) is 18.2 Å². The number of hydrogen-bond acceptors (Lipinski definition) is 8. The van der Waals surface area contributed by atoms with Gasteiger partial charge in [-0.05, 0) is 49.4 Å². The quantitative estimate of drug-likeness (QED) is 0.520. The molecule has 4 rings (SSSR count). The van der Waals surface area contributed by atoms with Crippen molar-refractivity contribution in [2.24, 2.45) is 11.8 Å². The van der Waals surface area contributed by atoms with Gasteiger partial charge < -0.3 is 4.74 Å². The van der Waals surface area contributed by atoms with E-state index in [0.717, 1.165) is 17.8 Å². The van der Waals surface area contributed by atoms with Crippen molar-refractivity contribution in [3.8, 4) is 0 Å². The SMILES string of the molecule is Cc1cc(=O)n2nc(COC(=O)c3ccc(S(=O)(=O)N4CC(C)CC(C)C4)cc3)sc2n1. The summed E-state index contributed by atoms with van der Waals surface area (Å²) in [6.45, 7) is 6.70. The Hall–Kier alpha value is -2.63. The molecule has 32 heavy (non-hydrogen) atoms. The first-order valence-corrected chi connectivity index (χ1v) is 12.5. The molecule has 170 valence electrons. The van der Waals surface area contributed by atoms with E-state index < -0.39 is 16.0 Å². The van der Waals surface area contributed by atoms with E-state index in [1.165, 1.54) is 39.2 Å². The number of carbonyl (C=O) groups excluding carboxylic acids is 1. The minimum absolute atomic E-state index is 0.116. The molecule has 11 heteroatoms. The molecule has 1 aromatic carbocycles. The molecule has 2 atom stereocenters. The molecule has 3 heterocycles. The van der Waals surface area contributed by atoms with Crippen molar-refractivity contribution in [3.05, 3.63) is 57.0 Å². The van der Waals surface area contributed by atoms with E-state index in [4.69, 9.17) is 4.74 Å². The van der Waals surface area contributed by atoms with Gasteiger partial charge in [0.05, 0.1) is 10.5 Å². The molecule has 1 fully saturated rings. The van der Waals surface area contributed by atoms with Crippen LogP contribution in [0.4, 0.5) is 0 Å². The number of fused-ring (bicyclic) bond motifs is 1. The van der Waals surface area contributed by atoms with Crippen LogP contribution >= 0.6 is 11.3 Å². The van der Waals surface area contributed by atoms with Crippen LogP contribution in [-0.4, -0.2) is 46.4 Å². The van der Waals surface area contributed by atoms with Crippen molar-refractivity contribution in [2.75, 3.05) is 13.1 Å². The number of benzene rings is 1. The lowest BCUT2D eigenvalue weighted by Crippen LogP contribution is -2.42. The van der Waals surface area contributed by atoms with Gasteiger partial charge in [0.1, 0.15) is 6.61 Å². The van der Waals surface area contributed by atoms with Gasteiger partial charge in [-0.3, -0.25) is 4.79 Å². The fourth-order valence-corrected chi connectivity index (χ4v) is 6.48. The molecule has 1 aliphatic rings. The number of hydrogen-bond donors (Lipinski definition) is 0. The van der Waals surface area contributed by atoms with E-state index in [1.807, 2.05) is 0 Å². The van der Waals surface area contributed by atoms with Crippen molar-refractivity contribution in [1.82, 2.24) is 18.9 Å². The highest BCUT2D eigenvalue weighted by atomic mass is 32.2. The van der Waals surface area contributed by atoms with E-state index in [2.05, 4.69) is 23.9 Å². The number of aromatic nitrogens is 3. The van der Waals surface area contributed by atoms with Gasteiger partial charge in [0.15, 0.2) is 5.01 Å². The summed E-state index contributed by atoms with van der Waals surface area (Å²) in [7, 11) is -3.61. The van der Waals surface area contributed by atoms with Crippen molar-refractivity contribution in [1.29, 1.82) is 0 Å². The molecule has 2 aromatic heterocycles. The normalized spacial score (nSPS) is 19.8. The Labute approximate surface area is 189 Å². The molecule has 1 saturated heterocycles. The molecular formula is C21H24N4O5S2. The summed E-state index contributed by atoms with van der Waals surface area (Å²) in [5.41, 5.74) is 0.526. The van der Waals surface area contributed by atoms with Crippen LogP contribution in [0.15, 0.2) is 40.0 Å². The second-order valence-electron chi connectivity index (χ2n) is 8.29. The van der Waals surface area contributed by atoms with Crippen LogP contribution in [-0.2, 0) is 21.4 Å². The van der Waals surface area contributed by atoms with Gasteiger partial charge in [0.2, 0.25) is 15.0 Å². The highest BCUT2D eigenvalue weighted by Gasteiger charge is 2.31. The molecule has 0 bridgehead atoms. The summed E-state index contributed by atoms with van der Waals surface area (Å²) >= 11 is 1.16. The summed E-state index contributed by atoms with van der Waals surface area (Å²) in [6.07, 6.45) is 1.01. The summed E-state index contributed by atoms with van der Waals surface area (Å²) < 4.78 is 33.9. The van der Waals surface area contributed by atoms with Gasteiger partial charge in [-0.1, -0.05) is 25.2 Å². The van der Waals surface area contributed by atoms with E-state index >= 15 is 0 Å². The van der Waals surface area contributed by atoms with Gasteiger partial charge >= 0.3 is 5.97 Å². The maximum Gasteiger partial charge on any atom is 0.338 e.